The first-order chi connectivity index (χ1) is 14.7. The number of aliphatic hydroxyl groups excluding tert-OH is 1. The molecule has 3 N–H and O–H groups in total. The Labute approximate surface area is 173 Å². The minimum Gasteiger partial charge on any atom is -0.457 e. The molecular formula is C22H23N5O3. The second-order valence-electron chi connectivity index (χ2n) is 6.78. The molecule has 0 aliphatic carbocycles. The number of rotatable bonds is 9. The molecule has 2 heterocycles. The summed E-state index contributed by atoms with van der Waals surface area (Å²) in [4.78, 5) is 19.2. The molecule has 8 nitrogen and oxygen atoms in total. The minimum absolute atomic E-state index is 0.249. The summed E-state index contributed by atoms with van der Waals surface area (Å²) in [7, 11) is 0. The molecule has 154 valence electrons. The summed E-state index contributed by atoms with van der Waals surface area (Å²) in [6.45, 7) is 0.990. The number of aromatic nitrogens is 4. The molecule has 0 atom stereocenters. The lowest BCUT2D eigenvalue weighted by atomic mass is 10.3. The van der Waals surface area contributed by atoms with Crippen LogP contribution in [0, 0.1) is 0 Å². The van der Waals surface area contributed by atoms with Crippen LogP contribution in [-0.4, -0.2) is 24.2 Å². The fourth-order valence-corrected chi connectivity index (χ4v) is 3.21. The van der Waals surface area contributed by atoms with E-state index in [1.54, 1.807) is 17.1 Å². The highest BCUT2D eigenvalue weighted by molar-refractivity contribution is 5.59. The number of hydrogen-bond acceptors (Lipinski definition) is 5. The van der Waals surface area contributed by atoms with Crippen molar-refractivity contribution in [3.63, 3.8) is 0 Å². The molecule has 0 amide bonds. The van der Waals surface area contributed by atoms with Crippen molar-refractivity contribution in [1.29, 1.82) is 0 Å². The van der Waals surface area contributed by atoms with Crippen molar-refractivity contribution in [1.82, 2.24) is 19.1 Å². The largest absolute Gasteiger partial charge is 0.457 e. The van der Waals surface area contributed by atoms with Gasteiger partial charge in [0.1, 0.15) is 17.3 Å². The van der Waals surface area contributed by atoms with Crippen molar-refractivity contribution in [3.05, 3.63) is 89.5 Å². The normalized spacial score (nSPS) is 10.8. The lowest BCUT2D eigenvalue weighted by Gasteiger charge is -2.10. The molecule has 0 aliphatic rings. The van der Waals surface area contributed by atoms with Crippen molar-refractivity contribution in [2.75, 3.05) is 5.32 Å². The monoisotopic (exact) mass is 405 g/mol. The average Bonchev–Trinajstić information content (AvgIpc) is 3.38. The third-order valence-corrected chi connectivity index (χ3v) is 4.70. The topological polar surface area (TPSA) is 97.1 Å². The third-order valence-electron chi connectivity index (χ3n) is 4.70. The van der Waals surface area contributed by atoms with Gasteiger partial charge in [-0.15, -0.1) is 0 Å². The van der Waals surface area contributed by atoms with Gasteiger partial charge in [0.05, 0.1) is 18.6 Å². The van der Waals surface area contributed by atoms with Gasteiger partial charge in [0.25, 0.3) is 0 Å². The van der Waals surface area contributed by atoms with E-state index >= 15 is 0 Å². The van der Waals surface area contributed by atoms with Crippen molar-refractivity contribution in [2.24, 2.45) is 0 Å². The first-order valence-electron chi connectivity index (χ1n) is 9.71. The van der Waals surface area contributed by atoms with Crippen LogP contribution in [0.3, 0.4) is 0 Å². The molecule has 0 radical (unpaired) electrons. The molecule has 0 unspecified atom stereocenters. The van der Waals surface area contributed by atoms with Crippen molar-refractivity contribution in [3.8, 4) is 11.5 Å². The molecule has 0 bridgehead atoms. The van der Waals surface area contributed by atoms with Gasteiger partial charge in [-0.1, -0.05) is 18.2 Å². The zero-order valence-corrected chi connectivity index (χ0v) is 16.4. The number of para-hydroxylation sites is 1. The summed E-state index contributed by atoms with van der Waals surface area (Å²) >= 11 is 0. The quantitative estimate of drug-likeness (QED) is 0.396. The first-order valence-corrected chi connectivity index (χ1v) is 9.71. The van der Waals surface area contributed by atoms with E-state index in [-0.39, 0.29) is 12.3 Å². The second-order valence-corrected chi connectivity index (χ2v) is 6.78. The van der Waals surface area contributed by atoms with Crippen LogP contribution < -0.4 is 15.7 Å². The van der Waals surface area contributed by atoms with Crippen LogP contribution in [0.1, 0.15) is 12.1 Å². The fraction of sp³-hybridized carbons (Fsp3) is 0.182. The van der Waals surface area contributed by atoms with Gasteiger partial charge in [0.2, 0.25) is 0 Å². The second kappa shape index (κ2) is 9.15. The maximum Gasteiger partial charge on any atom is 0.327 e. The number of imidazole rings is 2. The van der Waals surface area contributed by atoms with E-state index in [1.807, 2.05) is 65.4 Å². The highest BCUT2D eigenvalue weighted by Gasteiger charge is 2.13. The van der Waals surface area contributed by atoms with Crippen LogP contribution in [0.2, 0.25) is 0 Å². The number of benzene rings is 2. The van der Waals surface area contributed by atoms with E-state index in [4.69, 9.17) is 4.74 Å². The number of H-pyrrole nitrogens is 1. The smallest absolute Gasteiger partial charge is 0.327 e. The van der Waals surface area contributed by atoms with Gasteiger partial charge in [0, 0.05) is 31.2 Å². The van der Waals surface area contributed by atoms with Gasteiger partial charge < -0.3 is 19.7 Å². The lowest BCUT2D eigenvalue weighted by Crippen LogP contribution is -2.19. The number of anilines is 2. The molecule has 4 aromatic rings. The number of aromatic amines is 1. The number of aryl methyl sites for hydroxylation is 1. The molecule has 30 heavy (non-hydrogen) atoms. The highest BCUT2D eigenvalue weighted by Crippen LogP contribution is 2.24. The molecule has 0 fully saturated rings. The number of hydrogen-bond donors (Lipinski definition) is 3. The fourth-order valence-electron chi connectivity index (χ4n) is 3.21. The van der Waals surface area contributed by atoms with Crippen molar-refractivity contribution < 1.29 is 9.84 Å². The van der Waals surface area contributed by atoms with E-state index < -0.39 is 0 Å². The van der Waals surface area contributed by atoms with Gasteiger partial charge in [-0.05, 0) is 42.8 Å². The SMILES string of the molecule is O=c1[nH]c(Nc2ccc(Oc3ccccc3)cc2)c(CO)n1CCCn1ccnc1. The van der Waals surface area contributed by atoms with Gasteiger partial charge in [-0.25, -0.2) is 9.78 Å². The van der Waals surface area contributed by atoms with Crippen LogP contribution in [0.25, 0.3) is 0 Å². The van der Waals surface area contributed by atoms with Crippen LogP contribution in [0.5, 0.6) is 11.5 Å². The Hall–Kier alpha value is -3.78. The zero-order valence-electron chi connectivity index (χ0n) is 16.4. The Morgan fingerprint density at radius 2 is 1.80 bits per heavy atom. The van der Waals surface area contributed by atoms with Gasteiger partial charge in [0.15, 0.2) is 0 Å². The Kier molecular flexibility index (Phi) is 5.95. The minimum atomic E-state index is -0.254. The Morgan fingerprint density at radius 3 is 2.50 bits per heavy atom. The summed E-state index contributed by atoms with van der Waals surface area (Å²) in [5, 5.41) is 13.0. The average molecular weight is 405 g/mol. The summed E-state index contributed by atoms with van der Waals surface area (Å²) in [5.74, 6) is 1.96. The van der Waals surface area contributed by atoms with Crippen LogP contribution in [0.15, 0.2) is 78.1 Å². The summed E-state index contributed by atoms with van der Waals surface area (Å²) in [5.41, 5.74) is 1.04. The summed E-state index contributed by atoms with van der Waals surface area (Å²) in [6.07, 6.45) is 6.09. The van der Waals surface area contributed by atoms with Crippen LogP contribution >= 0.6 is 0 Å². The molecule has 4 rings (SSSR count). The van der Waals surface area contributed by atoms with E-state index in [0.29, 0.717) is 23.8 Å². The summed E-state index contributed by atoms with van der Waals surface area (Å²) < 4.78 is 9.31. The van der Waals surface area contributed by atoms with E-state index in [1.165, 1.54) is 0 Å². The molecule has 0 spiro atoms. The number of nitrogens with one attached hydrogen (secondary N) is 2. The Bertz CT molecular complexity index is 1120. The first kappa shape index (κ1) is 19.5. The van der Waals surface area contributed by atoms with Crippen molar-refractivity contribution >= 4 is 11.5 Å². The standard InChI is InChI=1S/C22H23N5O3/c28-15-20-21(25-22(29)27(20)13-4-12-26-14-11-23-16-26)24-17-7-9-19(10-8-17)30-18-5-2-1-3-6-18/h1-3,5-11,14,16,24,28H,4,12-13,15H2,(H,25,29). The molecule has 2 aromatic carbocycles. The van der Waals surface area contributed by atoms with Crippen LogP contribution in [-0.2, 0) is 19.7 Å². The van der Waals surface area contributed by atoms with E-state index in [9.17, 15) is 9.90 Å². The Balaban J connectivity index is 1.43. The lowest BCUT2D eigenvalue weighted by molar-refractivity contribution is 0.270. The molecule has 0 aliphatic heterocycles. The van der Waals surface area contributed by atoms with E-state index in [0.717, 1.165) is 24.4 Å². The van der Waals surface area contributed by atoms with Crippen LogP contribution in [0.4, 0.5) is 11.5 Å². The Morgan fingerprint density at radius 1 is 1.03 bits per heavy atom. The molecule has 8 heteroatoms. The maximum absolute atomic E-state index is 12.4. The van der Waals surface area contributed by atoms with Gasteiger partial charge in [-0.3, -0.25) is 9.55 Å². The highest BCUT2D eigenvalue weighted by atomic mass is 16.5. The number of nitrogens with zero attached hydrogens (tertiary/aromatic N) is 3. The molecular weight excluding hydrogens is 382 g/mol. The van der Waals surface area contributed by atoms with E-state index in [2.05, 4.69) is 15.3 Å². The van der Waals surface area contributed by atoms with Gasteiger partial charge in [-0.2, -0.15) is 0 Å². The molecule has 2 aromatic heterocycles. The maximum atomic E-state index is 12.4. The number of ether oxygens (including phenoxy) is 1. The number of aliphatic hydroxyl groups is 1. The van der Waals surface area contributed by atoms with Gasteiger partial charge >= 0.3 is 5.69 Å². The zero-order chi connectivity index (χ0) is 20.8. The third kappa shape index (κ3) is 4.61. The summed E-state index contributed by atoms with van der Waals surface area (Å²) in [6, 6.07) is 16.9. The predicted molar refractivity (Wildman–Crippen MR) is 114 cm³/mol. The predicted octanol–water partition coefficient (Wildman–Crippen LogP) is 3.49. The molecule has 0 saturated heterocycles. The van der Waals surface area contributed by atoms with Crippen molar-refractivity contribution in [2.45, 2.75) is 26.1 Å². The molecule has 0 saturated carbocycles.